The third-order valence-electron chi connectivity index (χ3n) is 6.53. The predicted molar refractivity (Wildman–Crippen MR) is 140 cm³/mol. The Kier molecular flexibility index (Phi) is 5.10. The molecule has 1 aliphatic heterocycles. The zero-order valence-corrected chi connectivity index (χ0v) is 20.0. The van der Waals surface area contributed by atoms with Crippen LogP contribution in [0.4, 0.5) is 11.5 Å². The molecule has 0 aliphatic carbocycles. The summed E-state index contributed by atoms with van der Waals surface area (Å²) in [5.74, 6) is 2.24. The van der Waals surface area contributed by atoms with Crippen LogP contribution in [0.25, 0.3) is 33.4 Å². The van der Waals surface area contributed by atoms with Crippen LogP contribution in [0.15, 0.2) is 67.0 Å². The maximum atomic E-state index is 6.12. The first kappa shape index (κ1) is 21.2. The van der Waals surface area contributed by atoms with Gasteiger partial charge in [-0.05, 0) is 60.4 Å². The third kappa shape index (κ3) is 3.65. The number of fused-ring (bicyclic) bond motifs is 2. The van der Waals surface area contributed by atoms with Crippen LogP contribution in [0.2, 0.25) is 0 Å². The number of aromatic nitrogens is 4. The molecule has 0 saturated carbocycles. The minimum absolute atomic E-state index is 0.597. The Morgan fingerprint density at radius 2 is 1.89 bits per heavy atom. The molecule has 2 N–H and O–H groups in total. The minimum Gasteiger partial charge on any atom is -0.439 e. The second kappa shape index (κ2) is 8.43. The number of ether oxygens (including phenoxy) is 1. The SMILES string of the molecule is CNc1ccc(-c2c3c4c(ncnc4n2C)NCCc2cc(Oc4cccc(C)n4)ccc2-3)cc1. The molecule has 4 heterocycles. The summed E-state index contributed by atoms with van der Waals surface area (Å²) < 4.78 is 8.29. The molecule has 0 amide bonds. The van der Waals surface area contributed by atoms with Crippen molar-refractivity contribution in [3.05, 3.63) is 78.2 Å². The van der Waals surface area contributed by atoms with Crippen LogP contribution in [0, 0.1) is 6.92 Å². The molecular formula is C28H26N6O. The smallest absolute Gasteiger partial charge is 0.219 e. The summed E-state index contributed by atoms with van der Waals surface area (Å²) in [5.41, 5.74) is 8.66. The zero-order valence-electron chi connectivity index (χ0n) is 20.0. The molecule has 2 aromatic carbocycles. The maximum Gasteiger partial charge on any atom is 0.219 e. The van der Waals surface area contributed by atoms with E-state index in [1.807, 2.05) is 38.2 Å². The van der Waals surface area contributed by atoms with E-state index in [-0.39, 0.29) is 0 Å². The van der Waals surface area contributed by atoms with Gasteiger partial charge < -0.3 is 19.9 Å². The summed E-state index contributed by atoms with van der Waals surface area (Å²) in [6, 6.07) is 20.6. The van der Waals surface area contributed by atoms with E-state index >= 15 is 0 Å². The maximum absolute atomic E-state index is 6.12. The normalized spacial score (nSPS) is 12.4. The van der Waals surface area contributed by atoms with Crippen LogP contribution >= 0.6 is 0 Å². The lowest BCUT2D eigenvalue weighted by Gasteiger charge is -2.18. The number of hydrogen-bond acceptors (Lipinski definition) is 6. The highest BCUT2D eigenvalue weighted by molar-refractivity contribution is 6.09. The Labute approximate surface area is 203 Å². The van der Waals surface area contributed by atoms with Crippen molar-refractivity contribution in [2.45, 2.75) is 13.3 Å². The molecule has 0 unspecified atom stereocenters. The molecule has 0 radical (unpaired) electrons. The van der Waals surface area contributed by atoms with Crippen LogP contribution in [0.1, 0.15) is 11.3 Å². The van der Waals surface area contributed by atoms with Crippen molar-refractivity contribution in [2.75, 3.05) is 24.2 Å². The molecule has 0 saturated heterocycles. The highest BCUT2D eigenvalue weighted by atomic mass is 16.5. The Morgan fingerprint density at radius 1 is 1.03 bits per heavy atom. The second-order valence-corrected chi connectivity index (χ2v) is 8.75. The number of anilines is 2. The van der Waals surface area contributed by atoms with Gasteiger partial charge in [0.05, 0.1) is 11.1 Å². The monoisotopic (exact) mass is 462 g/mol. The van der Waals surface area contributed by atoms with Crippen LogP contribution in [-0.2, 0) is 13.5 Å². The number of nitrogens with one attached hydrogen (secondary N) is 2. The van der Waals surface area contributed by atoms with Gasteiger partial charge in [-0.15, -0.1) is 0 Å². The third-order valence-corrected chi connectivity index (χ3v) is 6.53. The number of aryl methyl sites for hydroxylation is 2. The Hall–Kier alpha value is -4.39. The van der Waals surface area contributed by atoms with E-state index in [1.54, 1.807) is 6.33 Å². The van der Waals surface area contributed by atoms with Gasteiger partial charge in [-0.1, -0.05) is 24.3 Å². The molecule has 1 aliphatic rings. The molecule has 7 nitrogen and oxygen atoms in total. The van der Waals surface area contributed by atoms with E-state index in [0.717, 1.165) is 63.8 Å². The molecule has 35 heavy (non-hydrogen) atoms. The van der Waals surface area contributed by atoms with Gasteiger partial charge in [-0.25, -0.2) is 15.0 Å². The summed E-state index contributed by atoms with van der Waals surface area (Å²) in [5, 5.41) is 7.77. The van der Waals surface area contributed by atoms with Crippen molar-refractivity contribution in [1.29, 1.82) is 0 Å². The van der Waals surface area contributed by atoms with Crippen molar-refractivity contribution >= 4 is 22.5 Å². The first-order valence-electron chi connectivity index (χ1n) is 11.7. The van der Waals surface area contributed by atoms with Crippen molar-refractivity contribution in [3.8, 4) is 34.0 Å². The fourth-order valence-corrected chi connectivity index (χ4v) is 4.88. The standard InChI is InChI=1S/C28H26N6O/c1-17-5-4-6-23(33-17)35-21-11-12-22-19(15-21)13-14-30-27-25-24(22)26(34(3)28(25)32-16-31-27)18-7-9-20(29-2)10-8-18/h4-12,15-16,29H,13-14H2,1-3H3,(H,30,31,32). The van der Waals surface area contributed by atoms with Crippen molar-refractivity contribution in [3.63, 3.8) is 0 Å². The van der Waals surface area contributed by atoms with E-state index in [1.165, 1.54) is 11.1 Å². The Morgan fingerprint density at radius 3 is 2.69 bits per heavy atom. The first-order chi connectivity index (χ1) is 17.1. The van der Waals surface area contributed by atoms with Gasteiger partial charge in [0.15, 0.2) is 0 Å². The highest BCUT2D eigenvalue weighted by Gasteiger charge is 2.25. The number of benzene rings is 2. The fourth-order valence-electron chi connectivity index (χ4n) is 4.88. The summed E-state index contributed by atoms with van der Waals surface area (Å²) in [6.45, 7) is 2.73. The lowest BCUT2D eigenvalue weighted by Crippen LogP contribution is -2.10. The van der Waals surface area contributed by atoms with E-state index < -0.39 is 0 Å². The minimum atomic E-state index is 0.597. The molecule has 0 atom stereocenters. The molecule has 5 aromatic rings. The summed E-state index contributed by atoms with van der Waals surface area (Å²) in [4.78, 5) is 13.7. The van der Waals surface area contributed by atoms with E-state index in [9.17, 15) is 0 Å². The largest absolute Gasteiger partial charge is 0.439 e. The number of rotatable bonds is 4. The van der Waals surface area contributed by atoms with Gasteiger partial charge in [0, 0.05) is 43.7 Å². The van der Waals surface area contributed by atoms with E-state index in [4.69, 9.17) is 4.74 Å². The van der Waals surface area contributed by atoms with Gasteiger partial charge >= 0.3 is 0 Å². The molecule has 3 aromatic heterocycles. The second-order valence-electron chi connectivity index (χ2n) is 8.75. The van der Waals surface area contributed by atoms with Gasteiger partial charge in [-0.2, -0.15) is 0 Å². The number of hydrogen-bond donors (Lipinski definition) is 2. The van der Waals surface area contributed by atoms with Crippen LogP contribution < -0.4 is 15.4 Å². The first-order valence-corrected chi connectivity index (χ1v) is 11.7. The molecule has 0 fully saturated rings. The van der Waals surface area contributed by atoms with Crippen molar-refractivity contribution in [2.24, 2.45) is 7.05 Å². The number of pyridine rings is 1. The number of nitrogens with zero attached hydrogens (tertiary/aromatic N) is 4. The molecule has 6 rings (SSSR count). The summed E-state index contributed by atoms with van der Waals surface area (Å²) in [7, 11) is 4.00. The summed E-state index contributed by atoms with van der Waals surface area (Å²) >= 11 is 0. The Bertz CT molecular complexity index is 1550. The van der Waals surface area contributed by atoms with E-state index in [0.29, 0.717) is 5.88 Å². The Balaban J connectivity index is 1.55. The van der Waals surface area contributed by atoms with Gasteiger partial charge in [0.2, 0.25) is 5.88 Å². The predicted octanol–water partition coefficient (Wildman–Crippen LogP) is 5.81. The van der Waals surface area contributed by atoms with Crippen LogP contribution in [0.3, 0.4) is 0 Å². The zero-order chi connectivity index (χ0) is 23.9. The van der Waals surface area contributed by atoms with Gasteiger partial charge in [0.1, 0.15) is 23.5 Å². The molecule has 174 valence electrons. The van der Waals surface area contributed by atoms with Gasteiger partial charge in [-0.3, -0.25) is 0 Å². The van der Waals surface area contributed by atoms with Crippen LogP contribution in [0.5, 0.6) is 11.6 Å². The lowest BCUT2D eigenvalue weighted by atomic mass is 9.92. The quantitative estimate of drug-likeness (QED) is 0.351. The highest BCUT2D eigenvalue weighted by Crippen LogP contribution is 2.45. The molecule has 0 spiro atoms. The molecule has 7 heteroatoms. The average Bonchev–Trinajstić information content (AvgIpc) is 3.16. The van der Waals surface area contributed by atoms with Crippen molar-refractivity contribution in [1.82, 2.24) is 19.5 Å². The topological polar surface area (TPSA) is 76.9 Å². The van der Waals surface area contributed by atoms with Crippen LogP contribution in [-0.4, -0.2) is 33.1 Å². The van der Waals surface area contributed by atoms with E-state index in [2.05, 4.69) is 73.6 Å². The average molecular weight is 463 g/mol. The molecule has 0 bridgehead atoms. The fraction of sp³-hybridized carbons (Fsp3) is 0.179. The molecular weight excluding hydrogens is 436 g/mol. The van der Waals surface area contributed by atoms with Gasteiger partial charge in [0.25, 0.3) is 0 Å². The summed E-state index contributed by atoms with van der Waals surface area (Å²) in [6.07, 6.45) is 2.47. The lowest BCUT2D eigenvalue weighted by molar-refractivity contribution is 0.461. The van der Waals surface area contributed by atoms with Crippen molar-refractivity contribution < 1.29 is 4.74 Å².